The molecule has 1 aromatic carbocycles. The van der Waals surface area contributed by atoms with Gasteiger partial charge in [-0.3, -0.25) is 4.79 Å². The molecular weight excluding hydrogens is 306 g/mol. The summed E-state index contributed by atoms with van der Waals surface area (Å²) >= 11 is 0. The summed E-state index contributed by atoms with van der Waals surface area (Å²) < 4.78 is 6.51. The van der Waals surface area contributed by atoms with Gasteiger partial charge in [-0.25, -0.2) is 15.1 Å². The molecule has 116 valence electrons. The lowest BCUT2D eigenvalue weighted by atomic mass is 10.1. The number of hydrogen-bond donors (Lipinski definition) is 1. The van der Waals surface area contributed by atoms with Crippen molar-refractivity contribution in [3.05, 3.63) is 70.3 Å². The van der Waals surface area contributed by atoms with Crippen LogP contribution in [0.15, 0.2) is 52.0 Å². The van der Waals surface area contributed by atoms with Gasteiger partial charge in [-0.05, 0) is 12.5 Å². The number of nitrogens with one attached hydrogen (secondary N) is 1. The standard InChI is InChI=1S/C17H11N5O2/c1-10-12(16-19-8-9-24-16)17(23)22-15(20-10)13(14(18-2)21-22)11-6-4-3-5-7-11/h3-9,21H,1H3. The van der Waals surface area contributed by atoms with Crippen LogP contribution in [0.2, 0.25) is 0 Å². The van der Waals surface area contributed by atoms with Crippen LogP contribution < -0.4 is 5.56 Å². The van der Waals surface area contributed by atoms with E-state index in [2.05, 4.69) is 19.9 Å². The van der Waals surface area contributed by atoms with Gasteiger partial charge in [-0.15, -0.1) is 4.52 Å². The predicted molar refractivity (Wildman–Crippen MR) is 87.7 cm³/mol. The summed E-state index contributed by atoms with van der Waals surface area (Å²) in [7, 11) is 0. The number of oxazole rings is 1. The van der Waals surface area contributed by atoms with Crippen molar-refractivity contribution in [2.75, 3.05) is 0 Å². The number of hydrogen-bond acceptors (Lipinski definition) is 4. The second kappa shape index (κ2) is 5.21. The Balaban J connectivity index is 2.11. The van der Waals surface area contributed by atoms with Crippen LogP contribution in [0.25, 0.3) is 33.1 Å². The number of rotatable bonds is 2. The van der Waals surface area contributed by atoms with E-state index in [0.717, 1.165) is 5.56 Å². The molecule has 4 aromatic rings. The molecule has 7 nitrogen and oxygen atoms in total. The van der Waals surface area contributed by atoms with Crippen LogP contribution in [0.1, 0.15) is 5.69 Å². The van der Waals surface area contributed by atoms with E-state index in [-0.39, 0.29) is 22.8 Å². The molecule has 3 heterocycles. The molecule has 0 spiro atoms. The molecule has 0 amide bonds. The summed E-state index contributed by atoms with van der Waals surface area (Å²) in [6.45, 7) is 9.13. The first-order valence-corrected chi connectivity index (χ1v) is 7.19. The van der Waals surface area contributed by atoms with Crippen molar-refractivity contribution >= 4 is 11.5 Å². The van der Waals surface area contributed by atoms with Gasteiger partial charge in [-0.2, -0.15) is 0 Å². The number of benzene rings is 1. The second-order valence-electron chi connectivity index (χ2n) is 5.19. The lowest BCUT2D eigenvalue weighted by Gasteiger charge is -2.03. The SMILES string of the molecule is [C-]#[N+]c1[nH]n2c(=O)c(-c3ncco3)c(C)nc2c1-c1ccccc1. The fraction of sp³-hybridized carbons (Fsp3) is 0.0588. The molecule has 3 aromatic heterocycles. The largest absolute Gasteiger partial charge is 0.444 e. The van der Waals surface area contributed by atoms with Gasteiger partial charge in [0, 0.05) is 0 Å². The molecule has 0 bridgehead atoms. The van der Waals surface area contributed by atoms with Gasteiger partial charge >= 0.3 is 5.56 Å². The summed E-state index contributed by atoms with van der Waals surface area (Å²) in [6, 6.07) is 9.39. The molecule has 24 heavy (non-hydrogen) atoms. The van der Waals surface area contributed by atoms with E-state index in [1.54, 1.807) is 6.92 Å². The molecule has 0 radical (unpaired) electrons. The second-order valence-corrected chi connectivity index (χ2v) is 5.19. The summed E-state index contributed by atoms with van der Waals surface area (Å²) in [5.74, 6) is 0.467. The van der Waals surface area contributed by atoms with E-state index < -0.39 is 0 Å². The highest BCUT2D eigenvalue weighted by molar-refractivity contribution is 5.88. The number of H-pyrrole nitrogens is 1. The minimum absolute atomic E-state index is 0.208. The molecule has 1 N–H and O–H groups in total. The molecule has 0 unspecified atom stereocenters. The number of aryl methyl sites for hydroxylation is 1. The highest BCUT2D eigenvalue weighted by Gasteiger charge is 2.22. The van der Waals surface area contributed by atoms with Gasteiger partial charge in [0.1, 0.15) is 11.8 Å². The normalized spacial score (nSPS) is 10.8. The molecule has 0 aliphatic heterocycles. The summed E-state index contributed by atoms with van der Waals surface area (Å²) in [6.07, 6.45) is 2.87. The smallest absolute Gasteiger partial charge is 0.301 e. The zero-order valence-corrected chi connectivity index (χ0v) is 12.6. The van der Waals surface area contributed by atoms with E-state index in [0.29, 0.717) is 16.9 Å². The van der Waals surface area contributed by atoms with E-state index in [1.165, 1.54) is 17.0 Å². The quantitative estimate of drug-likeness (QED) is 0.576. The summed E-state index contributed by atoms with van der Waals surface area (Å²) in [5.41, 5.74) is 2.24. The molecule has 0 aliphatic rings. The van der Waals surface area contributed by atoms with Crippen LogP contribution in [-0.4, -0.2) is 19.6 Å². The Bertz CT molecular complexity index is 1130. The Morgan fingerprint density at radius 3 is 2.71 bits per heavy atom. The maximum atomic E-state index is 12.8. The molecule has 0 fully saturated rings. The van der Waals surface area contributed by atoms with Gasteiger partial charge in [0.25, 0.3) is 5.82 Å². The third-order valence-corrected chi connectivity index (χ3v) is 3.76. The first-order valence-electron chi connectivity index (χ1n) is 7.19. The first kappa shape index (κ1) is 14.0. The van der Waals surface area contributed by atoms with Gasteiger partial charge < -0.3 is 9.26 Å². The van der Waals surface area contributed by atoms with Crippen LogP contribution in [-0.2, 0) is 0 Å². The molecule has 0 saturated carbocycles. The van der Waals surface area contributed by atoms with Crippen molar-refractivity contribution in [2.45, 2.75) is 6.92 Å². The van der Waals surface area contributed by atoms with Crippen molar-refractivity contribution < 1.29 is 4.42 Å². The van der Waals surface area contributed by atoms with Crippen LogP contribution in [0, 0.1) is 13.5 Å². The summed E-state index contributed by atoms with van der Waals surface area (Å²) in [4.78, 5) is 24.9. The number of aromatic amines is 1. The van der Waals surface area contributed by atoms with Crippen molar-refractivity contribution in [3.8, 4) is 22.6 Å². The predicted octanol–water partition coefficient (Wildman–Crippen LogP) is 3.20. The van der Waals surface area contributed by atoms with Gasteiger partial charge in [-0.1, -0.05) is 36.9 Å². The minimum atomic E-state index is -0.355. The highest BCUT2D eigenvalue weighted by atomic mass is 16.3. The van der Waals surface area contributed by atoms with Crippen molar-refractivity contribution in [1.82, 2.24) is 19.6 Å². The Morgan fingerprint density at radius 2 is 2.04 bits per heavy atom. The third kappa shape index (κ3) is 1.94. The molecule has 0 atom stereocenters. The Morgan fingerprint density at radius 1 is 1.25 bits per heavy atom. The average Bonchev–Trinajstić information content (AvgIpc) is 3.23. The monoisotopic (exact) mass is 317 g/mol. The van der Waals surface area contributed by atoms with E-state index >= 15 is 0 Å². The number of fused-ring (bicyclic) bond motifs is 1. The van der Waals surface area contributed by atoms with Gasteiger partial charge in [0.2, 0.25) is 5.89 Å². The lowest BCUT2D eigenvalue weighted by Crippen LogP contribution is -2.19. The van der Waals surface area contributed by atoms with E-state index in [9.17, 15) is 4.79 Å². The van der Waals surface area contributed by atoms with Gasteiger partial charge in [0.05, 0.1) is 17.5 Å². The average molecular weight is 317 g/mol. The van der Waals surface area contributed by atoms with Crippen LogP contribution in [0.5, 0.6) is 0 Å². The Kier molecular flexibility index (Phi) is 3.03. The molecule has 0 saturated heterocycles. The highest BCUT2D eigenvalue weighted by Crippen LogP contribution is 2.33. The molecule has 0 aliphatic carbocycles. The summed E-state index contributed by atoms with van der Waals surface area (Å²) in [5, 5.41) is 2.83. The minimum Gasteiger partial charge on any atom is -0.444 e. The maximum absolute atomic E-state index is 12.8. The van der Waals surface area contributed by atoms with Crippen molar-refractivity contribution in [2.24, 2.45) is 0 Å². The number of nitrogens with zero attached hydrogens (tertiary/aromatic N) is 4. The molecule has 4 rings (SSSR count). The topological polar surface area (TPSA) is 80.5 Å². The Labute approximate surface area is 136 Å². The zero-order valence-electron chi connectivity index (χ0n) is 12.6. The maximum Gasteiger partial charge on any atom is 0.301 e. The Hall–Kier alpha value is -3.66. The lowest BCUT2D eigenvalue weighted by molar-refractivity contribution is 0.572. The fourth-order valence-electron chi connectivity index (χ4n) is 2.71. The van der Waals surface area contributed by atoms with Crippen LogP contribution in [0.3, 0.4) is 0 Å². The first-order chi connectivity index (χ1) is 11.7. The van der Waals surface area contributed by atoms with Gasteiger partial charge in [0.15, 0.2) is 5.65 Å². The van der Waals surface area contributed by atoms with Crippen molar-refractivity contribution in [3.63, 3.8) is 0 Å². The van der Waals surface area contributed by atoms with Crippen LogP contribution >= 0.6 is 0 Å². The van der Waals surface area contributed by atoms with Crippen LogP contribution in [0.4, 0.5) is 5.82 Å². The molecular formula is C17H11N5O2. The van der Waals surface area contributed by atoms with Crippen molar-refractivity contribution in [1.29, 1.82) is 0 Å². The third-order valence-electron chi connectivity index (χ3n) is 3.76. The van der Waals surface area contributed by atoms with E-state index in [1.807, 2.05) is 30.3 Å². The van der Waals surface area contributed by atoms with E-state index in [4.69, 9.17) is 11.0 Å². The fourth-order valence-corrected chi connectivity index (χ4v) is 2.71. The molecule has 7 heteroatoms. The number of aromatic nitrogens is 4. The zero-order chi connectivity index (χ0) is 16.7.